The second-order valence-corrected chi connectivity index (χ2v) is 9.40. The summed E-state index contributed by atoms with van der Waals surface area (Å²) in [4.78, 5) is 12.5. The normalized spacial score (nSPS) is 14.5. The predicted molar refractivity (Wildman–Crippen MR) is 125 cm³/mol. The number of allylic oxidation sites excluding steroid dienone is 4. The van der Waals surface area contributed by atoms with E-state index in [1.807, 2.05) is 0 Å². The molecule has 0 amide bonds. The van der Waals surface area contributed by atoms with Crippen LogP contribution in [0.15, 0.2) is 22.3 Å². The molecule has 0 saturated carbocycles. The number of hydrogen-bond donors (Lipinski definition) is 0. The van der Waals surface area contributed by atoms with Crippen molar-refractivity contribution in [2.45, 2.75) is 122 Å². The van der Waals surface area contributed by atoms with Crippen LogP contribution in [0, 0.1) is 28.6 Å². The molecule has 0 saturated heterocycles. The molecule has 0 heterocycles. The van der Waals surface area contributed by atoms with Gasteiger partial charge in [0.1, 0.15) is 17.9 Å². The van der Waals surface area contributed by atoms with E-state index in [4.69, 9.17) is 10.5 Å². The Morgan fingerprint density at radius 3 is 1.22 bits per heavy atom. The molecule has 0 atom stereocenters. The molecule has 0 fully saturated rings. The van der Waals surface area contributed by atoms with Crippen molar-refractivity contribution in [3.05, 3.63) is 22.3 Å². The van der Waals surface area contributed by atoms with Crippen LogP contribution in [0.2, 0.25) is 0 Å². The minimum Gasteiger partial charge on any atom is -0.299 e. The Hall–Kier alpha value is -1.69. The number of halogens is 6. The first-order chi connectivity index (χ1) is 17.0. The maximum atomic E-state index is 13.5. The van der Waals surface area contributed by atoms with Gasteiger partial charge in [-0.1, -0.05) is 96.8 Å². The number of carbonyl (C=O) groups is 1. The van der Waals surface area contributed by atoms with Crippen LogP contribution in [0.3, 0.4) is 0 Å². The summed E-state index contributed by atoms with van der Waals surface area (Å²) >= 11 is 0. The third kappa shape index (κ3) is 11.7. The average Bonchev–Trinajstić information content (AvgIpc) is 3.17. The van der Waals surface area contributed by atoms with Gasteiger partial charge in [0, 0.05) is 6.42 Å². The molecule has 0 radical (unpaired) electrons. The summed E-state index contributed by atoms with van der Waals surface area (Å²) in [7, 11) is 0. The van der Waals surface area contributed by atoms with Gasteiger partial charge >= 0.3 is 31.2 Å². The molecule has 0 aromatic rings. The summed E-state index contributed by atoms with van der Waals surface area (Å²) in [6.45, 7) is 2.20. The van der Waals surface area contributed by atoms with Crippen LogP contribution in [-0.4, -0.2) is 18.1 Å². The van der Waals surface area contributed by atoms with Crippen molar-refractivity contribution < 1.29 is 50.0 Å². The van der Waals surface area contributed by atoms with Crippen molar-refractivity contribution in [2.24, 2.45) is 5.92 Å². The zero-order chi connectivity index (χ0) is 27.2. The number of nitriles is 2. The SMILES string of the molecule is CCCCCCCCCCCCCCCCCC(=O)C1C(C(F)(F)F)=C(C#N)C(C#N)=C1C(F)(F)F.[Li+]. The zero-order valence-electron chi connectivity index (χ0n) is 22.0. The van der Waals surface area contributed by atoms with Crippen LogP contribution in [0.4, 0.5) is 26.3 Å². The smallest absolute Gasteiger partial charge is 0.299 e. The number of unbranched alkanes of at least 4 members (excludes halogenated alkanes) is 14. The first kappa shape index (κ1) is 35.3. The first-order valence-corrected chi connectivity index (χ1v) is 13.0. The Kier molecular flexibility index (Phi) is 16.9. The molecule has 0 aromatic heterocycles. The van der Waals surface area contributed by atoms with Crippen molar-refractivity contribution in [2.75, 3.05) is 0 Å². The van der Waals surface area contributed by atoms with Crippen molar-refractivity contribution in [1.29, 1.82) is 10.5 Å². The standard InChI is InChI=1S/C27H36F6N2O.Li/c1-2-3-4-5-6-7-8-9-10-11-12-13-14-15-16-17-22(36)23-24(26(28,29)30)20(18-34)21(19-35)25(23)27(31,32)33;/h23H,2-17H2,1H3;/q;+1. The monoisotopic (exact) mass is 525 g/mol. The molecule has 37 heavy (non-hydrogen) atoms. The van der Waals surface area contributed by atoms with Crippen LogP contribution in [0.25, 0.3) is 0 Å². The largest absolute Gasteiger partial charge is 1.00 e. The molecule has 0 unspecified atom stereocenters. The van der Waals surface area contributed by atoms with Gasteiger partial charge in [0.2, 0.25) is 0 Å². The summed E-state index contributed by atoms with van der Waals surface area (Å²) in [6.07, 6.45) is 4.56. The van der Waals surface area contributed by atoms with Crippen LogP contribution in [0.5, 0.6) is 0 Å². The Labute approximate surface area is 228 Å². The molecule has 202 valence electrons. The molecule has 0 spiro atoms. The van der Waals surface area contributed by atoms with Gasteiger partial charge in [-0.05, 0) is 6.42 Å². The van der Waals surface area contributed by atoms with E-state index in [2.05, 4.69) is 6.92 Å². The van der Waals surface area contributed by atoms with E-state index in [0.717, 1.165) is 44.2 Å². The first-order valence-electron chi connectivity index (χ1n) is 13.0. The number of Topliss-reactive ketones (excluding diaryl/α,β-unsaturated/α-hetero) is 1. The van der Waals surface area contributed by atoms with Gasteiger partial charge in [-0.3, -0.25) is 4.79 Å². The summed E-state index contributed by atoms with van der Waals surface area (Å²) in [5, 5.41) is 18.1. The minimum absolute atomic E-state index is 0. The van der Waals surface area contributed by atoms with Gasteiger partial charge in [0.25, 0.3) is 0 Å². The van der Waals surface area contributed by atoms with E-state index in [1.54, 1.807) is 0 Å². The Balaban J connectivity index is 0.0000130. The maximum absolute atomic E-state index is 13.5. The fraction of sp³-hybridized carbons (Fsp3) is 0.741. The molecule has 1 rings (SSSR count). The fourth-order valence-electron chi connectivity index (χ4n) is 4.68. The van der Waals surface area contributed by atoms with Crippen molar-refractivity contribution in [3.8, 4) is 12.1 Å². The van der Waals surface area contributed by atoms with Crippen LogP contribution < -0.4 is 18.9 Å². The van der Waals surface area contributed by atoms with E-state index < -0.39 is 52.8 Å². The molecule has 3 nitrogen and oxygen atoms in total. The van der Waals surface area contributed by atoms with E-state index >= 15 is 0 Å². The fourth-order valence-corrected chi connectivity index (χ4v) is 4.68. The zero-order valence-corrected chi connectivity index (χ0v) is 22.0. The van der Waals surface area contributed by atoms with Crippen molar-refractivity contribution in [1.82, 2.24) is 0 Å². The van der Waals surface area contributed by atoms with Crippen LogP contribution in [0.1, 0.15) is 110 Å². The maximum Gasteiger partial charge on any atom is 1.00 e. The van der Waals surface area contributed by atoms with Crippen molar-refractivity contribution >= 4 is 5.78 Å². The molecule has 0 bridgehead atoms. The topological polar surface area (TPSA) is 64.7 Å². The number of hydrogen-bond acceptors (Lipinski definition) is 3. The number of nitrogens with zero attached hydrogens (tertiary/aromatic N) is 2. The minimum atomic E-state index is -5.34. The van der Waals surface area contributed by atoms with Gasteiger partial charge < -0.3 is 0 Å². The van der Waals surface area contributed by atoms with Gasteiger partial charge in [0.05, 0.1) is 28.2 Å². The summed E-state index contributed by atoms with van der Waals surface area (Å²) in [5.74, 6) is -3.94. The number of rotatable bonds is 17. The number of alkyl halides is 6. The van der Waals surface area contributed by atoms with E-state index in [0.29, 0.717) is 6.42 Å². The van der Waals surface area contributed by atoms with Gasteiger partial charge in [0.15, 0.2) is 0 Å². The third-order valence-electron chi connectivity index (χ3n) is 6.55. The summed E-state index contributed by atoms with van der Waals surface area (Å²) in [6, 6.07) is 2.11. The van der Waals surface area contributed by atoms with E-state index in [9.17, 15) is 31.1 Å². The number of ketones is 1. The number of carbonyl (C=O) groups excluding carboxylic acids is 1. The molecular weight excluding hydrogens is 489 g/mol. The van der Waals surface area contributed by atoms with Crippen molar-refractivity contribution in [3.63, 3.8) is 0 Å². The van der Waals surface area contributed by atoms with E-state index in [-0.39, 0.29) is 25.3 Å². The summed E-state index contributed by atoms with van der Waals surface area (Å²) in [5.41, 5.74) is -6.57. The van der Waals surface area contributed by atoms with E-state index in [1.165, 1.54) is 51.4 Å². The Morgan fingerprint density at radius 2 is 0.946 bits per heavy atom. The molecule has 0 aromatic carbocycles. The van der Waals surface area contributed by atoms with Gasteiger partial charge in [-0.25, -0.2) is 0 Å². The summed E-state index contributed by atoms with van der Waals surface area (Å²) < 4.78 is 81.2. The Morgan fingerprint density at radius 1 is 0.649 bits per heavy atom. The predicted octanol–water partition coefficient (Wildman–Crippen LogP) is 6.22. The molecule has 0 aliphatic heterocycles. The van der Waals surface area contributed by atoms with Gasteiger partial charge in [-0.15, -0.1) is 0 Å². The third-order valence-corrected chi connectivity index (χ3v) is 6.55. The van der Waals surface area contributed by atoms with Gasteiger partial charge in [-0.2, -0.15) is 36.9 Å². The molecule has 10 heteroatoms. The molecule has 1 aliphatic rings. The molecule has 1 aliphatic carbocycles. The van der Waals surface area contributed by atoms with Crippen LogP contribution in [-0.2, 0) is 4.79 Å². The average molecular weight is 526 g/mol. The van der Waals surface area contributed by atoms with Crippen LogP contribution >= 0.6 is 0 Å². The quantitative estimate of drug-likeness (QED) is 0.129. The second-order valence-electron chi connectivity index (χ2n) is 9.40. The second kappa shape index (κ2) is 17.7. The Bertz CT molecular complexity index is 814. The molecular formula is C27H36F6LiN2O+. The molecule has 0 N–H and O–H groups in total.